The van der Waals surface area contributed by atoms with E-state index in [0.717, 1.165) is 51.6 Å². The zero-order valence-corrected chi connectivity index (χ0v) is 15.3. The van der Waals surface area contributed by atoms with E-state index in [1.807, 2.05) is 0 Å². The molecule has 0 radical (unpaired) electrons. The van der Waals surface area contributed by atoms with E-state index in [0.29, 0.717) is 18.8 Å². The van der Waals surface area contributed by atoms with Gasteiger partial charge in [0.05, 0.1) is 4.90 Å². The van der Waals surface area contributed by atoms with Crippen LogP contribution in [0.5, 0.6) is 5.75 Å². The van der Waals surface area contributed by atoms with Crippen molar-refractivity contribution < 1.29 is 17.9 Å². The predicted molar refractivity (Wildman–Crippen MR) is 95.0 cm³/mol. The Labute approximate surface area is 149 Å². The van der Waals surface area contributed by atoms with Crippen LogP contribution in [0.1, 0.15) is 38.5 Å². The van der Waals surface area contributed by atoms with Gasteiger partial charge in [-0.15, -0.1) is 0 Å². The van der Waals surface area contributed by atoms with Crippen molar-refractivity contribution in [1.29, 1.82) is 0 Å². The van der Waals surface area contributed by atoms with Crippen molar-refractivity contribution in [1.82, 2.24) is 9.21 Å². The zero-order valence-electron chi connectivity index (χ0n) is 14.5. The molecule has 2 aliphatic rings. The number of benzene rings is 1. The molecule has 2 saturated heterocycles. The van der Waals surface area contributed by atoms with E-state index < -0.39 is 10.0 Å². The summed E-state index contributed by atoms with van der Waals surface area (Å²) < 4.78 is 32.5. The average molecular weight is 366 g/mol. The molecule has 0 unspecified atom stereocenters. The fourth-order valence-electron chi connectivity index (χ4n) is 3.34. The highest BCUT2D eigenvalue weighted by atomic mass is 32.2. The van der Waals surface area contributed by atoms with E-state index in [-0.39, 0.29) is 17.4 Å². The summed E-state index contributed by atoms with van der Waals surface area (Å²) in [5.41, 5.74) is 0. The number of hydrogen-bond donors (Lipinski definition) is 0. The van der Waals surface area contributed by atoms with Gasteiger partial charge < -0.3 is 9.64 Å². The number of ether oxygens (including phenoxy) is 1. The first-order chi connectivity index (χ1) is 12.1. The number of hydrogen-bond acceptors (Lipinski definition) is 4. The lowest BCUT2D eigenvalue weighted by atomic mass is 10.2. The summed E-state index contributed by atoms with van der Waals surface area (Å²) in [7, 11) is -3.44. The predicted octanol–water partition coefficient (Wildman–Crippen LogP) is 2.25. The van der Waals surface area contributed by atoms with E-state index in [4.69, 9.17) is 4.74 Å². The van der Waals surface area contributed by atoms with E-state index in [9.17, 15) is 13.2 Å². The normalized spacial score (nSPS) is 19.6. The lowest BCUT2D eigenvalue weighted by Crippen LogP contribution is -2.32. The maximum Gasteiger partial charge on any atom is 0.260 e. The van der Waals surface area contributed by atoms with Gasteiger partial charge in [0, 0.05) is 26.2 Å². The number of likely N-dealkylation sites (tertiary alicyclic amines) is 1. The third-order valence-electron chi connectivity index (χ3n) is 4.85. The lowest BCUT2D eigenvalue weighted by Gasteiger charge is -2.20. The second-order valence-corrected chi connectivity index (χ2v) is 8.60. The molecule has 1 aromatic carbocycles. The van der Waals surface area contributed by atoms with Gasteiger partial charge in [0.15, 0.2) is 6.61 Å². The minimum absolute atomic E-state index is 0.00176. The fraction of sp³-hybridized carbons (Fsp3) is 0.611. The van der Waals surface area contributed by atoms with E-state index in [1.54, 1.807) is 33.5 Å². The largest absolute Gasteiger partial charge is 0.484 e. The van der Waals surface area contributed by atoms with Crippen LogP contribution in [0, 0.1) is 0 Å². The highest BCUT2D eigenvalue weighted by Gasteiger charge is 2.25. The lowest BCUT2D eigenvalue weighted by molar-refractivity contribution is -0.132. The molecule has 25 heavy (non-hydrogen) atoms. The Bertz CT molecular complexity index is 674. The Kier molecular flexibility index (Phi) is 5.96. The molecule has 6 nitrogen and oxygen atoms in total. The van der Waals surface area contributed by atoms with Crippen LogP contribution in [0.2, 0.25) is 0 Å². The van der Waals surface area contributed by atoms with Crippen LogP contribution >= 0.6 is 0 Å². The molecule has 0 aliphatic carbocycles. The first kappa shape index (κ1) is 18.2. The summed E-state index contributed by atoms with van der Waals surface area (Å²) in [6.45, 7) is 2.78. The maximum absolute atomic E-state index is 12.7. The van der Waals surface area contributed by atoms with Crippen LogP contribution in [0.25, 0.3) is 0 Å². The van der Waals surface area contributed by atoms with Gasteiger partial charge in [-0.25, -0.2) is 8.42 Å². The van der Waals surface area contributed by atoms with Crippen molar-refractivity contribution in [2.45, 2.75) is 43.4 Å². The number of rotatable bonds is 5. The Morgan fingerprint density at radius 3 is 2.04 bits per heavy atom. The number of carbonyl (C=O) groups is 1. The van der Waals surface area contributed by atoms with Crippen molar-refractivity contribution in [2.75, 3.05) is 32.8 Å². The second kappa shape index (κ2) is 8.19. The molecule has 1 amide bonds. The van der Waals surface area contributed by atoms with Crippen LogP contribution in [0.15, 0.2) is 29.2 Å². The molecule has 2 heterocycles. The summed E-state index contributed by atoms with van der Waals surface area (Å²) in [6, 6.07) is 6.38. The van der Waals surface area contributed by atoms with Crippen LogP contribution in [-0.4, -0.2) is 56.3 Å². The highest BCUT2D eigenvalue weighted by molar-refractivity contribution is 7.89. The van der Waals surface area contributed by atoms with E-state index in [2.05, 4.69) is 0 Å². The van der Waals surface area contributed by atoms with Crippen LogP contribution in [0.4, 0.5) is 0 Å². The monoisotopic (exact) mass is 366 g/mol. The van der Waals surface area contributed by atoms with Crippen molar-refractivity contribution in [3.63, 3.8) is 0 Å². The Morgan fingerprint density at radius 1 is 0.880 bits per heavy atom. The molecule has 138 valence electrons. The zero-order chi connectivity index (χ0) is 17.7. The van der Waals surface area contributed by atoms with E-state index in [1.165, 1.54) is 0 Å². The third kappa shape index (κ3) is 4.52. The maximum atomic E-state index is 12.7. The van der Waals surface area contributed by atoms with Gasteiger partial charge in [0.1, 0.15) is 5.75 Å². The van der Waals surface area contributed by atoms with Crippen molar-refractivity contribution in [2.24, 2.45) is 0 Å². The average Bonchev–Trinajstić information content (AvgIpc) is 3.02. The molecule has 1 aromatic rings. The first-order valence-electron chi connectivity index (χ1n) is 9.08. The Morgan fingerprint density at radius 2 is 1.44 bits per heavy atom. The van der Waals surface area contributed by atoms with Crippen LogP contribution in [-0.2, 0) is 14.8 Å². The molecule has 0 spiro atoms. The van der Waals surface area contributed by atoms with Crippen molar-refractivity contribution in [3.8, 4) is 5.75 Å². The van der Waals surface area contributed by atoms with Crippen LogP contribution in [0.3, 0.4) is 0 Å². The van der Waals surface area contributed by atoms with Gasteiger partial charge in [-0.1, -0.05) is 12.8 Å². The molecule has 0 aromatic heterocycles. The van der Waals surface area contributed by atoms with Crippen molar-refractivity contribution >= 4 is 15.9 Å². The van der Waals surface area contributed by atoms with Gasteiger partial charge in [0.25, 0.3) is 5.91 Å². The third-order valence-corrected chi connectivity index (χ3v) is 6.76. The second-order valence-electron chi connectivity index (χ2n) is 6.67. The number of carbonyl (C=O) groups excluding carboxylic acids is 1. The molecule has 0 bridgehead atoms. The highest BCUT2D eigenvalue weighted by Crippen LogP contribution is 2.22. The summed E-state index contributed by atoms with van der Waals surface area (Å²) >= 11 is 0. The Hall–Kier alpha value is -1.60. The standard InChI is InChI=1S/C18H26N2O4S/c21-18(19-11-5-6-12-19)15-24-16-7-9-17(10-8-16)25(22,23)20-13-3-1-2-4-14-20/h7-10H,1-6,11-15H2. The Balaban J connectivity index is 1.60. The summed E-state index contributed by atoms with van der Waals surface area (Å²) in [4.78, 5) is 14.1. The molecule has 0 saturated carbocycles. The first-order valence-corrected chi connectivity index (χ1v) is 10.5. The topological polar surface area (TPSA) is 66.9 Å². The minimum Gasteiger partial charge on any atom is -0.484 e. The van der Waals surface area contributed by atoms with Crippen LogP contribution < -0.4 is 4.74 Å². The molecule has 2 aliphatic heterocycles. The molecule has 0 N–H and O–H groups in total. The number of amides is 1. The smallest absolute Gasteiger partial charge is 0.260 e. The summed E-state index contributed by atoms with van der Waals surface area (Å²) in [6.07, 6.45) is 6.11. The van der Waals surface area contributed by atoms with Gasteiger partial charge >= 0.3 is 0 Å². The molecule has 3 rings (SSSR count). The molecule has 7 heteroatoms. The molecular weight excluding hydrogens is 340 g/mol. The quantitative estimate of drug-likeness (QED) is 0.802. The summed E-state index contributed by atoms with van der Waals surface area (Å²) in [5, 5.41) is 0. The van der Waals surface area contributed by atoms with E-state index >= 15 is 0 Å². The van der Waals surface area contributed by atoms with Gasteiger partial charge in [0.2, 0.25) is 10.0 Å². The molecular formula is C18H26N2O4S. The van der Waals surface area contributed by atoms with Gasteiger partial charge in [-0.2, -0.15) is 4.31 Å². The fourth-order valence-corrected chi connectivity index (χ4v) is 4.86. The SMILES string of the molecule is O=C(COc1ccc(S(=O)(=O)N2CCCCCC2)cc1)N1CCCC1. The van der Waals surface area contributed by atoms with Gasteiger partial charge in [-0.3, -0.25) is 4.79 Å². The van der Waals surface area contributed by atoms with Crippen molar-refractivity contribution in [3.05, 3.63) is 24.3 Å². The number of sulfonamides is 1. The van der Waals surface area contributed by atoms with Gasteiger partial charge in [-0.05, 0) is 49.9 Å². The molecule has 2 fully saturated rings. The number of nitrogens with zero attached hydrogens (tertiary/aromatic N) is 2. The molecule has 0 atom stereocenters. The summed E-state index contributed by atoms with van der Waals surface area (Å²) in [5.74, 6) is 0.501. The minimum atomic E-state index is -3.44.